The van der Waals surface area contributed by atoms with Crippen LogP contribution in [-0.2, 0) is 14.3 Å². The lowest BCUT2D eigenvalue weighted by Gasteiger charge is -2.47. The van der Waals surface area contributed by atoms with Crippen molar-refractivity contribution < 1.29 is 12.6 Å². The van der Waals surface area contributed by atoms with Gasteiger partial charge in [-0.2, -0.15) is 8.42 Å². The van der Waals surface area contributed by atoms with Crippen LogP contribution in [0, 0.1) is 16.7 Å². The van der Waals surface area contributed by atoms with Crippen molar-refractivity contribution in [2.45, 2.75) is 82.5 Å². The van der Waals surface area contributed by atoms with Crippen LogP contribution in [0.25, 0.3) is 0 Å². The number of allylic oxidation sites excluding steroid dienone is 2. The van der Waals surface area contributed by atoms with Gasteiger partial charge in [0, 0.05) is 3.42 Å². The summed E-state index contributed by atoms with van der Waals surface area (Å²) in [6, 6.07) is 0. The summed E-state index contributed by atoms with van der Waals surface area (Å²) in [5.74, 6) is 0.774. The molecule has 0 amide bonds. The Bertz CT molecular complexity index is 606. The van der Waals surface area contributed by atoms with E-state index < -0.39 is 10.1 Å². The van der Waals surface area contributed by atoms with E-state index in [1.54, 1.807) is 5.57 Å². The van der Waals surface area contributed by atoms with Crippen molar-refractivity contribution >= 4 is 32.7 Å². The Morgan fingerprint density at radius 1 is 1.36 bits per heavy atom. The van der Waals surface area contributed by atoms with Crippen LogP contribution in [0.5, 0.6) is 0 Å². The van der Waals surface area contributed by atoms with E-state index in [1.807, 2.05) is 0 Å². The predicted molar refractivity (Wildman–Crippen MR) is 114 cm³/mol. The molecule has 25 heavy (non-hydrogen) atoms. The molecule has 0 aromatic carbocycles. The summed E-state index contributed by atoms with van der Waals surface area (Å²) in [6.45, 7) is 9.33. The molecule has 0 aromatic heterocycles. The molecule has 1 unspecified atom stereocenters. The second-order valence-corrected chi connectivity index (χ2v) is 13.9. The molecule has 2 rings (SSSR count). The van der Waals surface area contributed by atoms with Crippen LogP contribution in [-0.4, -0.2) is 24.7 Å². The van der Waals surface area contributed by atoms with Crippen molar-refractivity contribution in [3.8, 4) is 0 Å². The quantitative estimate of drug-likeness (QED) is 0.197. The molecule has 3 nitrogen and oxygen atoms in total. The number of hydrogen-bond acceptors (Lipinski definition) is 3. The molecular formula is C20H35IO3S. The van der Waals surface area contributed by atoms with Crippen LogP contribution in [0.4, 0.5) is 0 Å². The van der Waals surface area contributed by atoms with Gasteiger partial charge in [0.2, 0.25) is 0 Å². The first kappa shape index (κ1) is 21.7. The zero-order valence-electron chi connectivity index (χ0n) is 16.5. The highest BCUT2D eigenvalue weighted by Gasteiger charge is 2.41. The minimum absolute atomic E-state index is 0.102. The van der Waals surface area contributed by atoms with Crippen molar-refractivity contribution in [3.63, 3.8) is 0 Å². The molecule has 1 saturated carbocycles. The second kappa shape index (κ2) is 7.78. The molecule has 0 radical (unpaired) electrons. The number of rotatable bonds is 7. The molecule has 146 valence electrons. The van der Waals surface area contributed by atoms with E-state index in [4.69, 9.17) is 4.18 Å². The van der Waals surface area contributed by atoms with Crippen molar-refractivity contribution in [1.29, 1.82) is 0 Å². The molecule has 0 heterocycles. The molecule has 1 fully saturated rings. The molecule has 2 aliphatic carbocycles. The molecule has 3 atom stereocenters. The average Bonchev–Trinajstić information content (AvgIpc) is 2.43. The minimum atomic E-state index is -3.35. The maximum absolute atomic E-state index is 11.2. The fraction of sp³-hybridized carbons (Fsp3) is 0.900. The smallest absolute Gasteiger partial charge is 0.264 e. The summed E-state index contributed by atoms with van der Waals surface area (Å²) in [7, 11) is -3.35. The highest BCUT2D eigenvalue weighted by Crippen LogP contribution is 2.53. The first-order valence-electron chi connectivity index (χ1n) is 9.56. The maximum Gasteiger partial charge on any atom is 0.264 e. The highest BCUT2D eigenvalue weighted by atomic mass is 127. The summed E-state index contributed by atoms with van der Waals surface area (Å²) in [5, 5.41) is 0. The normalized spacial score (nSPS) is 33.7. The van der Waals surface area contributed by atoms with Crippen LogP contribution in [0.3, 0.4) is 0 Å². The zero-order chi connectivity index (χ0) is 18.9. The van der Waals surface area contributed by atoms with Crippen LogP contribution in [0.1, 0.15) is 79.1 Å². The van der Waals surface area contributed by atoms with Crippen molar-refractivity contribution in [3.05, 3.63) is 11.6 Å². The highest BCUT2D eigenvalue weighted by molar-refractivity contribution is 14.1. The van der Waals surface area contributed by atoms with Gasteiger partial charge in [0.05, 0.1) is 12.9 Å². The Morgan fingerprint density at radius 2 is 2.04 bits per heavy atom. The molecule has 0 aromatic rings. The van der Waals surface area contributed by atoms with Crippen molar-refractivity contribution in [2.75, 3.05) is 12.9 Å². The van der Waals surface area contributed by atoms with Gasteiger partial charge < -0.3 is 0 Å². The lowest BCUT2D eigenvalue weighted by Crippen LogP contribution is -2.36. The summed E-state index contributed by atoms with van der Waals surface area (Å²) in [6.07, 6.45) is 13.5. The SMILES string of the molecule is CC(C)(CCC[C@]1(C)CCCC2C[C@@](C)(I)CC=C21)COS(C)(=O)=O. The van der Waals surface area contributed by atoms with E-state index in [0.717, 1.165) is 25.0 Å². The second-order valence-electron chi connectivity index (χ2n) is 9.61. The molecule has 5 heteroatoms. The fourth-order valence-corrected chi connectivity index (χ4v) is 5.93. The molecule has 0 bridgehead atoms. The van der Waals surface area contributed by atoms with Crippen LogP contribution >= 0.6 is 22.6 Å². The van der Waals surface area contributed by atoms with E-state index in [9.17, 15) is 8.42 Å². The zero-order valence-corrected chi connectivity index (χ0v) is 19.5. The third kappa shape index (κ3) is 6.49. The van der Waals surface area contributed by atoms with Crippen molar-refractivity contribution in [2.24, 2.45) is 16.7 Å². The molecule has 0 saturated heterocycles. The predicted octanol–water partition coefficient (Wildman–Crippen LogP) is 5.88. The van der Waals surface area contributed by atoms with E-state index in [2.05, 4.69) is 56.4 Å². The topological polar surface area (TPSA) is 43.4 Å². The molecule has 0 spiro atoms. The number of halogens is 1. The van der Waals surface area contributed by atoms with Gasteiger partial charge in [0.25, 0.3) is 10.1 Å². The summed E-state index contributed by atoms with van der Waals surface area (Å²) in [4.78, 5) is 0. The van der Waals surface area contributed by atoms with Crippen LogP contribution in [0.15, 0.2) is 11.6 Å². The lowest BCUT2D eigenvalue weighted by atomic mass is 9.60. The molecule has 2 aliphatic rings. The summed E-state index contributed by atoms with van der Waals surface area (Å²) >= 11 is 2.64. The minimum Gasteiger partial charge on any atom is -0.270 e. The fourth-order valence-electron chi connectivity index (χ4n) is 4.64. The Hall–Kier alpha value is 0.380. The van der Waals surface area contributed by atoms with Gasteiger partial charge in [-0.1, -0.05) is 74.8 Å². The van der Waals surface area contributed by atoms with Crippen LogP contribution < -0.4 is 0 Å². The third-order valence-electron chi connectivity index (χ3n) is 6.08. The Labute approximate surface area is 168 Å². The van der Waals surface area contributed by atoms with Gasteiger partial charge in [0.15, 0.2) is 0 Å². The Morgan fingerprint density at radius 3 is 2.68 bits per heavy atom. The van der Waals surface area contributed by atoms with Gasteiger partial charge in [-0.05, 0) is 55.3 Å². The summed E-state index contributed by atoms with van der Waals surface area (Å²) in [5.41, 5.74) is 1.96. The largest absolute Gasteiger partial charge is 0.270 e. The first-order chi connectivity index (χ1) is 11.3. The van der Waals surface area contributed by atoms with Gasteiger partial charge in [-0.3, -0.25) is 4.18 Å². The number of alkyl halides is 1. The van der Waals surface area contributed by atoms with Crippen molar-refractivity contribution in [1.82, 2.24) is 0 Å². The molecule has 0 aliphatic heterocycles. The van der Waals surface area contributed by atoms with Gasteiger partial charge in [-0.25, -0.2) is 0 Å². The third-order valence-corrected chi connectivity index (χ3v) is 7.51. The molecule has 0 N–H and O–H groups in total. The number of fused-ring (bicyclic) bond motifs is 1. The Kier molecular flexibility index (Phi) is 6.75. The first-order valence-corrected chi connectivity index (χ1v) is 12.5. The van der Waals surface area contributed by atoms with Crippen LogP contribution in [0.2, 0.25) is 0 Å². The standard InChI is InChI=1S/C20H35IO3S/c1-18(2,15-24-25(5,22)23)10-7-12-19(3)11-6-8-16-14-20(4,21)13-9-17(16)19/h9,16H,6-8,10-15H2,1-5H3/t16?,19-,20-/m0/s1. The van der Waals surface area contributed by atoms with Gasteiger partial charge >= 0.3 is 0 Å². The maximum atomic E-state index is 11.2. The lowest BCUT2D eigenvalue weighted by molar-refractivity contribution is 0.156. The van der Waals surface area contributed by atoms with E-state index in [-0.39, 0.29) is 12.0 Å². The monoisotopic (exact) mass is 482 g/mol. The Balaban J connectivity index is 1.94. The molecular weight excluding hydrogens is 447 g/mol. The van der Waals surface area contributed by atoms with Gasteiger partial charge in [-0.15, -0.1) is 0 Å². The average molecular weight is 482 g/mol. The van der Waals surface area contributed by atoms with E-state index in [1.165, 1.54) is 38.5 Å². The van der Waals surface area contributed by atoms with Gasteiger partial charge in [0.1, 0.15) is 0 Å². The van der Waals surface area contributed by atoms with E-state index in [0.29, 0.717) is 8.84 Å². The summed E-state index contributed by atoms with van der Waals surface area (Å²) < 4.78 is 27.9. The van der Waals surface area contributed by atoms with E-state index >= 15 is 0 Å². The number of hydrogen-bond donors (Lipinski definition) is 0.